The maximum atomic E-state index is 5.91. The van der Waals surface area contributed by atoms with E-state index in [0.29, 0.717) is 18.4 Å². The molecule has 0 amide bonds. The lowest BCUT2D eigenvalue weighted by molar-refractivity contribution is 0.150. The molecule has 5 heteroatoms. The fourth-order valence-electron chi connectivity index (χ4n) is 2.87. The van der Waals surface area contributed by atoms with Gasteiger partial charge < -0.3 is 14.8 Å². The van der Waals surface area contributed by atoms with Crippen LogP contribution in [0.3, 0.4) is 0 Å². The van der Waals surface area contributed by atoms with E-state index in [1.165, 1.54) is 0 Å². The molecule has 1 aliphatic rings. The fourth-order valence-corrected chi connectivity index (χ4v) is 3.26. The van der Waals surface area contributed by atoms with Crippen molar-refractivity contribution in [3.63, 3.8) is 0 Å². The van der Waals surface area contributed by atoms with Crippen molar-refractivity contribution < 1.29 is 9.47 Å². The minimum atomic E-state index is 0.493. The molecular weight excluding hydrogens is 390 g/mol. The van der Waals surface area contributed by atoms with Gasteiger partial charge in [0.05, 0.1) is 13.2 Å². The van der Waals surface area contributed by atoms with E-state index < -0.39 is 0 Å². The molecule has 0 aromatic heterocycles. The summed E-state index contributed by atoms with van der Waals surface area (Å²) in [5, 5.41) is 4.22. The minimum Gasteiger partial charge on any atom is -0.493 e. The first-order chi connectivity index (χ1) is 11.7. The van der Waals surface area contributed by atoms with Crippen LogP contribution in [0.25, 0.3) is 0 Å². The quantitative estimate of drug-likeness (QED) is 0.743. The molecule has 2 aromatic carbocycles. The first-order valence-corrected chi connectivity index (χ1v) is 9.33. The summed E-state index contributed by atoms with van der Waals surface area (Å²) in [5.74, 6) is 2.78. The number of hydrogen-bond acceptors (Lipinski definition) is 3. The highest BCUT2D eigenvalue weighted by molar-refractivity contribution is 9.10. The van der Waals surface area contributed by atoms with Crippen LogP contribution >= 0.6 is 27.5 Å². The van der Waals surface area contributed by atoms with Crippen molar-refractivity contribution in [3.05, 3.63) is 58.0 Å². The number of nitrogens with one attached hydrogen (secondary N) is 1. The lowest BCUT2D eigenvalue weighted by Gasteiger charge is -2.29. The van der Waals surface area contributed by atoms with Gasteiger partial charge >= 0.3 is 0 Å². The number of ether oxygens (including phenoxy) is 2. The van der Waals surface area contributed by atoms with Crippen molar-refractivity contribution in [2.24, 2.45) is 11.8 Å². The van der Waals surface area contributed by atoms with Crippen LogP contribution in [0.4, 0.5) is 0 Å². The second kappa shape index (κ2) is 8.75. The van der Waals surface area contributed by atoms with Crippen LogP contribution < -0.4 is 14.8 Å². The molecule has 1 fully saturated rings. The van der Waals surface area contributed by atoms with Gasteiger partial charge in [0.1, 0.15) is 11.5 Å². The van der Waals surface area contributed by atoms with E-state index >= 15 is 0 Å². The fraction of sp³-hybridized carbons (Fsp3) is 0.368. The van der Waals surface area contributed by atoms with Crippen LogP contribution in [0, 0.1) is 11.8 Å². The molecule has 1 aliphatic heterocycles. The van der Waals surface area contributed by atoms with Crippen LogP contribution in [-0.4, -0.2) is 26.3 Å². The first-order valence-electron chi connectivity index (χ1n) is 8.16. The lowest BCUT2D eigenvalue weighted by atomic mass is 9.91. The maximum Gasteiger partial charge on any atom is 0.119 e. The molecule has 1 heterocycles. The zero-order valence-corrected chi connectivity index (χ0v) is 15.7. The van der Waals surface area contributed by atoms with Crippen LogP contribution in [0.1, 0.15) is 6.42 Å². The molecule has 0 bridgehead atoms. The van der Waals surface area contributed by atoms with E-state index in [-0.39, 0.29) is 0 Å². The van der Waals surface area contributed by atoms with Gasteiger partial charge in [-0.2, -0.15) is 0 Å². The highest BCUT2D eigenvalue weighted by Gasteiger charge is 2.22. The average molecular weight is 411 g/mol. The second-order valence-corrected chi connectivity index (χ2v) is 7.51. The predicted octanol–water partition coefficient (Wildman–Crippen LogP) is 4.79. The summed E-state index contributed by atoms with van der Waals surface area (Å²) in [4.78, 5) is 0. The van der Waals surface area contributed by atoms with Gasteiger partial charge in [-0.25, -0.2) is 0 Å². The van der Waals surface area contributed by atoms with E-state index in [4.69, 9.17) is 21.1 Å². The molecule has 128 valence electrons. The van der Waals surface area contributed by atoms with Gasteiger partial charge in [0.25, 0.3) is 0 Å². The Bertz CT molecular complexity index is 577. The smallest absolute Gasteiger partial charge is 0.119 e. The topological polar surface area (TPSA) is 30.5 Å². The third-order valence-electron chi connectivity index (χ3n) is 4.13. The van der Waals surface area contributed by atoms with Crippen molar-refractivity contribution in [1.29, 1.82) is 0 Å². The van der Waals surface area contributed by atoms with E-state index in [0.717, 1.165) is 47.1 Å². The molecular formula is C19H21BrClNO2. The number of halogens is 2. The van der Waals surface area contributed by atoms with Crippen molar-refractivity contribution >= 4 is 27.5 Å². The van der Waals surface area contributed by atoms with E-state index in [1.54, 1.807) is 0 Å². The third-order valence-corrected chi connectivity index (χ3v) is 4.91. The number of piperidine rings is 1. The SMILES string of the molecule is Clc1ccc(OC[C@@H]2CNC[C@H](COc3ccc(Br)cc3)C2)cc1. The number of benzene rings is 2. The lowest BCUT2D eigenvalue weighted by Crippen LogP contribution is -2.40. The minimum absolute atomic E-state index is 0.493. The molecule has 3 rings (SSSR count). The zero-order valence-electron chi connectivity index (χ0n) is 13.4. The highest BCUT2D eigenvalue weighted by atomic mass is 79.9. The Morgan fingerprint density at radius 1 is 0.875 bits per heavy atom. The summed E-state index contributed by atoms with van der Waals surface area (Å²) in [6, 6.07) is 15.5. The molecule has 0 saturated carbocycles. The summed E-state index contributed by atoms with van der Waals surface area (Å²) in [5.41, 5.74) is 0. The molecule has 2 atom stereocenters. The Balaban J connectivity index is 1.43. The van der Waals surface area contributed by atoms with Gasteiger partial charge in [-0.05, 0) is 55.0 Å². The van der Waals surface area contributed by atoms with Gasteiger partial charge in [-0.3, -0.25) is 0 Å². The molecule has 0 unspecified atom stereocenters. The molecule has 24 heavy (non-hydrogen) atoms. The Morgan fingerprint density at radius 3 is 1.92 bits per heavy atom. The van der Waals surface area contributed by atoms with Crippen molar-refractivity contribution in [3.8, 4) is 11.5 Å². The Hall–Kier alpha value is -1.23. The highest BCUT2D eigenvalue weighted by Crippen LogP contribution is 2.22. The van der Waals surface area contributed by atoms with Crippen molar-refractivity contribution in [2.75, 3.05) is 26.3 Å². The monoisotopic (exact) mass is 409 g/mol. The number of rotatable bonds is 6. The van der Waals surface area contributed by atoms with Crippen LogP contribution in [0.15, 0.2) is 53.0 Å². The normalized spacial score (nSPS) is 20.6. The first kappa shape index (κ1) is 17.6. The molecule has 2 aromatic rings. The Morgan fingerprint density at radius 2 is 1.38 bits per heavy atom. The number of hydrogen-bond donors (Lipinski definition) is 1. The van der Waals surface area contributed by atoms with Crippen LogP contribution in [-0.2, 0) is 0 Å². The maximum absolute atomic E-state index is 5.91. The molecule has 0 radical (unpaired) electrons. The van der Waals surface area contributed by atoms with E-state index in [9.17, 15) is 0 Å². The zero-order chi connectivity index (χ0) is 16.8. The van der Waals surface area contributed by atoms with Gasteiger partial charge in [0, 0.05) is 34.4 Å². The average Bonchev–Trinajstić information content (AvgIpc) is 2.61. The van der Waals surface area contributed by atoms with E-state index in [2.05, 4.69) is 21.2 Å². The van der Waals surface area contributed by atoms with Gasteiger partial charge in [-0.1, -0.05) is 27.5 Å². The van der Waals surface area contributed by atoms with Crippen LogP contribution in [0.2, 0.25) is 5.02 Å². The standard InChI is InChI=1S/C19H21BrClNO2/c20-16-1-5-18(6-2-16)23-12-14-9-15(11-22-10-14)13-24-19-7-3-17(21)4-8-19/h1-8,14-15,22H,9-13H2/t14-,15+/m1/s1. The molecule has 3 nitrogen and oxygen atoms in total. The third kappa shape index (κ3) is 5.40. The summed E-state index contributed by atoms with van der Waals surface area (Å²) in [7, 11) is 0. The molecule has 1 saturated heterocycles. The van der Waals surface area contributed by atoms with Gasteiger partial charge in [0.2, 0.25) is 0 Å². The Kier molecular flexibility index (Phi) is 6.41. The largest absolute Gasteiger partial charge is 0.493 e. The van der Waals surface area contributed by atoms with Crippen molar-refractivity contribution in [1.82, 2.24) is 5.32 Å². The molecule has 0 aliphatic carbocycles. The summed E-state index contributed by atoms with van der Waals surface area (Å²) in [6.07, 6.45) is 1.11. The second-order valence-electron chi connectivity index (χ2n) is 6.16. The molecule has 0 spiro atoms. The summed E-state index contributed by atoms with van der Waals surface area (Å²) >= 11 is 9.33. The van der Waals surface area contributed by atoms with Crippen LogP contribution in [0.5, 0.6) is 11.5 Å². The summed E-state index contributed by atoms with van der Waals surface area (Å²) < 4.78 is 12.9. The molecule has 1 N–H and O–H groups in total. The summed E-state index contributed by atoms with van der Waals surface area (Å²) in [6.45, 7) is 3.42. The van der Waals surface area contributed by atoms with Gasteiger partial charge in [-0.15, -0.1) is 0 Å². The van der Waals surface area contributed by atoms with Gasteiger partial charge in [0.15, 0.2) is 0 Å². The van der Waals surface area contributed by atoms with E-state index in [1.807, 2.05) is 48.5 Å². The predicted molar refractivity (Wildman–Crippen MR) is 101 cm³/mol. The Labute approximate surface area is 156 Å². The van der Waals surface area contributed by atoms with Crippen molar-refractivity contribution in [2.45, 2.75) is 6.42 Å².